The standard InChI is InChI=1S/C20H23N3O4/c1-26-17-8-5-15(13-18(17)27-2)20(25)23-11-9-22(10-12-23)19(24)14-3-6-16(21)7-4-14/h3-8,13H,9-12,21H2,1-2H3. The molecule has 1 aliphatic heterocycles. The summed E-state index contributed by atoms with van der Waals surface area (Å²) in [5.41, 5.74) is 7.42. The molecule has 0 saturated carbocycles. The second kappa shape index (κ2) is 7.99. The lowest BCUT2D eigenvalue weighted by atomic mass is 10.1. The Morgan fingerprint density at radius 3 is 1.78 bits per heavy atom. The summed E-state index contributed by atoms with van der Waals surface area (Å²) in [7, 11) is 3.09. The molecule has 7 heteroatoms. The van der Waals surface area contributed by atoms with Gasteiger partial charge in [-0.25, -0.2) is 0 Å². The molecule has 0 unspecified atom stereocenters. The Bertz CT molecular complexity index is 828. The van der Waals surface area contributed by atoms with E-state index in [1.165, 1.54) is 7.11 Å². The van der Waals surface area contributed by atoms with Crippen molar-refractivity contribution in [2.24, 2.45) is 0 Å². The lowest BCUT2D eigenvalue weighted by Crippen LogP contribution is -2.50. The molecule has 0 aromatic heterocycles. The molecule has 1 heterocycles. The fraction of sp³-hybridized carbons (Fsp3) is 0.300. The number of benzene rings is 2. The number of amides is 2. The molecule has 1 saturated heterocycles. The van der Waals surface area contributed by atoms with E-state index in [4.69, 9.17) is 15.2 Å². The largest absolute Gasteiger partial charge is 0.493 e. The van der Waals surface area contributed by atoms with Crippen LogP contribution in [0.15, 0.2) is 42.5 Å². The van der Waals surface area contributed by atoms with E-state index in [9.17, 15) is 9.59 Å². The van der Waals surface area contributed by atoms with Crippen molar-refractivity contribution >= 4 is 17.5 Å². The molecule has 1 aliphatic rings. The molecule has 27 heavy (non-hydrogen) atoms. The minimum absolute atomic E-state index is 0.0479. The molecule has 0 radical (unpaired) electrons. The molecule has 2 N–H and O–H groups in total. The zero-order chi connectivity index (χ0) is 19.4. The summed E-state index contributed by atoms with van der Waals surface area (Å²) in [6.07, 6.45) is 0. The Kier molecular flexibility index (Phi) is 5.49. The molecule has 0 spiro atoms. The molecule has 7 nitrogen and oxygen atoms in total. The van der Waals surface area contributed by atoms with Crippen molar-refractivity contribution in [1.82, 2.24) is 9.80 Å². The quantitative estimate of drug-likeness (QED) is 0.832. The summed E-state index contributed by atoms with van der Waals surface area (Å²) in [6, 6.07) is 12.0. The minimum Gasteiger partial charge on any atom is -0.493 e. The van der Waals surface area contributed by atoms with Crippen molar-refractivity contribution in [2.75, 3.05) is 46.1 Å². The van der Waals surface area contributed by atoms with Crippen LogP contribution in [0.5, 0.6) is 11.5 Å². The van der Waals surface area contributed by atoms with Crippen LogP contribution in [0.2, 0.25) is 0 Å². The van der Waals surface area contributed by atoms with Gasteiger partial charge in [-0.15, -0.1) is 0 Å². The van der Waals surface area contributed by atoms with E-state index in [0.29, 0.717) is 54.5 Å². The fourth-order valence-corrected chi connectivity index (χ4v) is 3.07. The molecule has 142 valence electrons. The highest BCUT2D eigenvalue weighted by molar-refractivity contribution is 5.96. The average molecular weight is 369 g/mol. The highest BCUT2D eigenvalue weighted by atomic mass is 16.5. The van der Waals surface area contributed by atoms with Gasteiger partial charge in [0.05, 0.1) is 14.2 Å². The maximum Gasteiger partial charge on any atom is 0.254 e. The Labute approximate surface area is 158 Å². The lowest BCUT2D eigenvalue weighted by Gasteiger charge is -2.35. The zero-order valence-corrected chi connectivity index (χ0v) is 15.5. The highest BCUT2D eigenvalue weighted by Gasteiger charge is 2.26. The first-order valence-electron chi connectivity index (χ1n) is 8.69. The van der Waals surface area contributed by atoms with Gasteiger partial charge in [-0.05, 0) is 42.5 Å². The van der Waals surface area contributed by atoms with Crippen LogP contribution in [0.4, 0.5) is 5.69 Å². The summed E-state index contributed by atoms with van der Waals surface area (Å²) < 4.78 is 10.5. The molecule has 3 rings (SSSR count). The van der Waals surface area contributed by atoms with E-state index >= 15 is 0 Å². The lowest BCUT2D eigenvalue weighted by molar-refractivity contribution is 0.0535. The molecular weight excluding hydrogens is 346 g/mol. The van der Waals surface area contributed by atoms with E-state index in [-0.39, 0.29) is 11.8 Å². The van der Waals surface area contributed by atoms with E-state index in [1.807, 2.05) is 0 Å². The van der Waals surface area contributed by atoms with Crippen LogP contribution >= 0.6 is 0 Å². The first-order chi connectivity index (χ1) is 13.0. The van der Waals surface area contributed by atoms with Gasteiger partial charge in [-0.3, -0.25) is 9.59 Å². The summed E-state index contributed by atoms with van der Waals surface area (Å²) in [4.78, 5) is 28.8. The summed E-state index contributed by atoms with van der Waals surface area (Å²) in [6.45, 7) is 1.94. The maximum absolute atomic E-state index is 12.8. The van der Waals surface area contributed by atoms with Gasteiger partial charge in [0.15, 0.2) is 11.5 Å². The predicted octanol–water partition coefficient (Wildman–Crippen LogP) is 1.88. The number of carbonyl (C=O) groups excluding carboxylic acids is 2. The van der Waals surface area contributed by atoms with Crippen LogP contribution in [0, 0.1) is 0 Å². The van der Waals surface area contributed by atoms with Crippen molar-refractivity contribution in [3.8, 4) is 11.5 Å². The molecule has 1 fully saturated rings. The highest BCUT2D eigenvalue weighted by Crippen LogP contribution is 2.28. The van der Waals surface area contributed by atoms with E-state index in [1.54, 1.807) is 59.4 Å². The molecule has 2 aromatic rings. The summed E-state index contributed by atoms with van der Waals surface area (Å²) >= 11 is 0. The minimum atomic E-state index is -0.0875. The first-order valence-corrected chi connectivity index (χ1v) is 8.69. The first kappa shape index (κ1) is 18.6. The number of ether oxygens (including phenoxy) is 2. The Balaban J connectivity index is 1.64. The van der Waals surface area contributed by atoms with Crippen LogP contribution in [-0.2, 0) is 0 Å². The van der Waals surface area contributed by atoms with Crippen LogP contribution in [-0.4, -0.2) is 62.0 Å². The maximum atomic E-state index is 12.8. The monoisotopic (exact) mass is 369 g/mol. The van der Waals surface area contributed by atoms with Gasteiger partial charge in [0.1, 0.15) is 0 Å². The normalized spacial score (nSPS) is 14.0. The third kappa shape index (κ3) is 3.97. The second-order valence-corrected chi connectivity index (χ2v) is 6.28. The van der Waals surface area contributed by atoms with Crippen molar-refractivity contribution in [3.63, 3.8) is 0 Å². The van der Waals surface area contributed by atoms with Crippen LogP contribution in [0.1, 0.15) is 20.7 Å². The van der Waals surface area contributed by atoms with E-state index in [2.05, 4.69) is 0 Å². The Hall–Kier alpha value is -3.22. The Morgan fingerprint density at radius 2 is 1.26 bits per heavy atom. The number of rotatable bonds is 4. The fourth-order valence-electron chi connectivity index (χ4n) is 3.07. The number of nitrogens with two attached hydrogens (primary N) is 1. The number of piperazine rings is 1. The predicted molar refractivity (Wildman–Crippen MR) is 102 cm³/mol. The smallest absolute Gasteiger partial charge is 0.254 e. The van der Waals surface area contributed by atoms with Gasteiger partial charge in [0, 0.05) is 43.0 Å². The van der Waals surface area contributed by atoms with Crippen molar-refractivity contribution < 1.29 is 19.1 Å². The molecule has 0 atom stereocenters. The number of hydrogen-bond donors (Lipinski definition) is 1. The molecule has 2 aromatic carbocycles. The van der Waals surface area contributed by atoms with E-state index < -0.39 is 0 Å². The van der Waals surface area contributed by atoms with Gasteiger partial charge in [-0.2, -0.15) is 0 Å². The van der Waals surface area contributed by atoms with Gasteiger partial charge < -0.3 is 25.0 Å². The van der Waals surface area contributed by atoms with Gasteiger partial charge in [-0.1, -0.05) is 0 Å². The number of carbonyl (C=O) groups is 2. The van der Waals surface area contributed by atoms with Crippen LogP contribution in [0.25, 0.3) is 0 Å². The zero-order valence-electron chi connectivity index (χ0n) is 15.5. The number of nitrogens with zero attached hydrogens (tertiary/aromatic N) is 2. The van der Waals surface area contributed by atoms with Crippen molar-refractivity contribution in [2.45, 2.75) is 0 Å². The summed E-state index contributed by atoms with van der Waals surface area (Å²) in [5, 5.41) is 0. The van der Waals surface area contributed by atoms with Gasteiger partial charge in [0.2, 0.25) is 0 Å². The SMILES string of the molecule is COc1ccc(C(=O)N2CCN(C(=O)c3ccc(N)cc3)CC2)cc1OC. The number of methoxy groups -OCH3 is 2. The van der Waals surface area contributed by atoms with Crippen molar-refractivity contribution in [3.05, 3.63) is 53.6 Å². The molecule has 0 bridgehead atoms. The topological polar surface area (TPSA) is 85.1 Å². The number of anilines is 1. The average Bonchev–Trinajstić information content (AvgIpc) is 2.72. The molecular formula is C20H23N3O4. The Morgan fingerprint density at radius 1 is 0.778 bits per heavy atom. The molecule has 0 aliphatic carbocycles. The van der Waals surface area contributed by atoms with Gasteiger partial charge in [0.25, 0.3) is 11.8 Å². The van der Waals surface area contributed by atoms with Crippen LogP contribution < -0.4 is 15.2 Å². The second-order valence-electron chi connectivity index (χ2n) is 6.28. The number of hydrogen-bond acceptors (Lipinski definition) is 5. The van der Waals surface area contributed by atoms with Crippen LogP contribution in [0.3, 0.4) is 0 Å². The third-order valence-electron chi connectivity index (χ3n) is 4.64. The van der Waals surface area contributed by atoms with Gasteiger partial charge >= 0.3 is 0 Å². The molecule has 2 amide bonds. The third-order valence-corrected chi connectivity index (χ3v) is 4.64. The number of nitrogen functional groups attached to an aromatic ring is 1. The van der Waals surface area contributed by atoms with Crippen molar-refractivity contribution in [1.29, 1.82) is 0 Å². The van der Waals surface area contributed by atoms with E-state index in [0.717, 1.165) is 0 Å². The summed E-state index contributed by atoms with van der Waals surface area (Å²) in [5.74, 6) is 0.956.